The van der Waals surface area contributed by atoms with E-state index in [0.717, 1.165) is 0 Å². The van der Waals surface area contributed by atoms with Gasteiger partial charge >= 0.3 is 0 Å². The van der Waals surface area contributed by atoms with Crippen molar-refractivity contribution in [3.63, 3.8) is 0 Å². The second-order valence-electron chi connectivity index (χ2n) is 4.06. The van der Waals surface area contributed by atoms with Gasteiger partial charge in [0.15, 0.2) is 5.96 Å². The summed E-state index contributed by atoms with van der Waals surface area (Å²) >= 11 is 0. The van der Waals surface area contributed by atoms with E-state index in [9.17, 15) is 9.59 Å². The van der Waals surface area contributed by atoms with Crippen LogP contribution in [0.4, 0.5) is 0 Å². The molecular weight excluding hydrogens is 371 g/mol. The molecule has 2 amide bonds. The molecule has 1 aromatic rings. The number of halogens is 1. The molecule has 1 aromatic carbocycles. The molecule has 0 radical (unpaired) electrons. The summed E-state index contributed by atoms with van der Waals surface area (Å²) < 4.78 is 0. The third kappa shape index (κ3) is 3.09. The smallest absolute Gasteiger partial charge is 0.261 e. The maximum atomic E-state index is 12.1. The number of hydrogen-bond donors (Lipinski definition) is 2. The molecule has 0 bridgehead atoms. The lowest BCUT2D eigenvalue weighted by Crippen LogP contribution is -2.41. The molecule has 0 aromatic heterocycles. The maximum absolute atomic E-state index is 12.1. The third-order valence-electron chi connectivity index (χ3n) is 2.97. The standard InChI is InChI=1S/C13H16N4O2.HI/c1-14-13(15-2)16-7-8-17-11(18)9-5-3-4-6-10(9)12(17)19;/h3-6H,7-8H2,1-2H3,(H2,14,15,16);1H. The van der Waals surface area contributed by atoms with Crippen molar-refractivity contribution in [3.8, 4) is 0 Å². The Kier molecular flexibility index (Phi) is 5.93. The van der Waals surface area contributed by atoms with Crippen LogP contribution in [0.3, 0.4) is 0 Å². The Balaban J connectivity index is 0.00000200. The first kappa shape index (κ1) is 16.4. The zero-order valence-electron chi connectivity index (χ0n) is 11.3. The van der Waals surface area contributed by atoms with Crippen LogP contribution in [0.25, 0.3) is 0 Å². The van der Waals surface area contributed by atoms with Crippen molar-refractivity contribution in [1.29, 1.82) is 0 Å². The van der Waals surface area contributed by atoms with Gasteiger partial charge in [-0.15, -0.1) is 24.0 Å². The number of fused-ring (bicyclic) bond motifs is 1. The maximum Gasteiger partial charge on any atom is 0.261 e. The lowest BCUT2D eigenvalue weighted by molar-refractivity contribution is 0.0657. The van der Waals surface area contributed by atoms with Crippen molar-refractivity contribution < 1.29 is 9.59 Å². The van der Waals surface area contributed by atoms with Crippen LogP contribution in [0, 0.1) is 0 Å². The van der Waals surface area contributed by atoms with Crippen molar-refractivity contribution in [2.45, 2.75) is 0 Å². The van der Waals surface area contributed by atoms with E-state index in [1.54, 1.807) is 38.4 Å². The molecule has 20 heavy (non-hydrogen) atoms. The molecule has 1 aliphatic heterocycles. The second kappa shape index (κ2) is 7.22. The number of rotatable bonds is 3. The summed E-state index contributed by atoms with van der Waals surface area (Å²) in [5, 5.41) is 5.87. The molecule has 2 N–H and O–H groups in total. The van der Waals surface area contributed by atoms with Crippen molar-refractivity contribution >= 4 is 41.8 Å². The summed E-state index contributed by atoms with van der Waals surface area (Å²) in [6.07, 6.45) is 0. The van der Waals surface area contributed by atoms with Crippen LogP contribution in [0.5, 0.6) is 0 Å². The number of hydrogen-bond acceptors (Lipinski definition) is 3. The molecule has 1 aliphatic rings. The minimum Gasteiger partial charge on any atom is -0.359 e. The monoisotopic (exact) mass is 388 g/mol. The summed E-state index contributed by atoms with van der Waals surface area (Å²) in [6, 6.07) is 6.87. The Morgan fingerprint density at radius 3 is 2.20 bits per heavy atom. The Labute approximate surface area is 134 Å². The van der Waals surface area contributed by atoms with Crippen LogP contribution in [-0.2, 0) is 0 Å². The van der Waals surface area contributed by atoms with Crippen LogP contribution in [0.1, 0.15) is 20.7 Å². The first-order valence-electron chi connectivity index (χ1n) is 6.02. The molecule has 0 spiro atoms. The van der Waals surface area contributed by atoms with E-state index in [2.05, 4.69) is 15.6 Å². The van der Waals surface area contributed by atoms with Gasteiger partial charge in [-0.25, -0.2) is 0 Å². The number of carbonyl (C=O) groups excluding carboxylic acids is 2. The first-order valence-corrected chi connectivity index (χ1v) is 6.02. The normalized spacial score (nSPS) is 13.9. The molecule has 108 valence electrons. The van der Waals surface area contributed by atoms with Gasteiger partial charge in [-0.3, -0.25) is 19.5 Å². The fourth-order valence-electron chi connectivity index (χ4n) is 2.01. The van der Waals surface area contributed by atoms with Gasteiger partial charge in [-0.1, -0.05) is 12.1 Å². The predicted octanol–water partition coefficient (Wildman–Crippen LogP) is 0.695. The Morgan fingerprint density at radius 1 is 1.20 bits per heavy atom. The van der Waals surface area contributed by atoms with Gasteiger partial charge in [0.2, 0.25) is 0 Å². The number of amides is 2. The lowest BCUT2D eigenvalue weighted by Gasteiger charge is -2.15. The molecule has 2 rings (SSSR count). The predicted molar refractivity (Wildman–Crippen MR) is 87.6 cm³/mol. The van der Waals surface area contributed by atoms with Crippen LogP contribution in [0.2, 0.25) is 0 Å². The van der Waals surface area contributed by atoms with E-state index in [1.807, 2.05) is 0 Å². The summed E-state index contributed by atoms with van der Waals surface area (Å²) in [4.78, 5) is 29.3. The summed E-state index contributed by atoms with van der Waals surface area (Å²) in [7, 11) is 3.40. The van der Waals surface area contributed by atoms with Gasteiger partial charge in [0, 0.05) is 27.2 Å². The van der Waals surface area contributed by atoms with Gasteiger partial charge in [0.1, 0.15) is 0 Å². The number of guanidine groups is 1. The van der Waals surface area contributed by atoms with Gasteiger partial charge in [-0.2, -0.15) is 0 Å². The number of carbonyl (C=O) groups is 2. The molecule has 6 nitrogen and oxygen atoms in total. The zero-order valence-corrected chi connectivity index (χ0v) is 13.7. The fourth-order valence-corrected chi connectivity index (χ4v) is 2.01. The largest absolute Gasteiger partial charge is 0.359 e. The first-order chi connectivity index (χ1) is 9.19. The highest BCUT2D eigenvalue weighted by Crippen LogP contribution is 2.21. The summed E-state index contributed by atoms with van der Waals surface area (Å²) in [5.74, 6) is 0.153. The van der Waals surface area contributed by atoms with Crippen LogP contribution >= 0.6 is 24.0 Å². The molecule has 1 heterocycles. The molecule has 0 unspecified atom stereocenters. The lowest BCUT2D eigenvalue weighted by atomic mass is 10.1. The minimum absolute atomic E-state index is 0. The molecular formula is C13H17IN4O2. The number of imide groups is 1. The highest BCUT2D eigenvalue weighted by atomic mass is 127. The van der Waals surface area contributed by atoms with E-state index >= 15 is 0 Å². The third-order valence-corrected chi connectivity index (χ3v) is 2.97. The Hall–Kier alpha value is -1.64. The minimum atomic E-state index is -0.234. The number of nitrogens with one attached hydrogen (secondary N) is 2. The second-order valence-corrected chi connectivity index (χ2v) is 4.06. The molecule has 7 heteroatoms. The van der Waals surface area contributed by atoms with Gasteiger partial charge in [0.25, 0.3) is 11.8 Å². The van der Waals surface area contributed by atoms with E-state index in [1.165, 1.54) is 4.90 Å². The highest BCUT2D eigenvalue weighted by Gasteiger charge is 2.34. The average Bonchev–Trinajstić information content (AvgIpc) is 2.69. The average molecular weight is 388 g/mol. The SMILES string of the molecule is CN=C(NC)NCCN1C(=O)c2ccccc2C1=O.I. The van der Waals surface area contributed by atoms with E-state index < -0.39 is 0 Å². The molecule has 0 fully saturated rings. The molecule has 0 atom stereocenters. The molecule has 0 saturated heterocycles. The Bertz CT molecular complexity index is 510. The van der Waals surface area contributed by atoms with Crippen LogP contribution in [-0.4, -0.2) is 49.9 Å². The van der Waals surface area contributed by atoms with Gasteiger partial charge < -0.3 is 10.6 Å². The van der Waals surface area contributed by atoms with Crippen LogP contribution < -0.4 is 10.6 Å². The van der Waals surface area contributed by atoms with E-state index in [-0.39, 0.29) is 35.8 Å². The molecule has 0 aliphatic carbocycles. The highest BCUT2D eigenvalue weighted by molar-refractivity contribution is 14.0. The van der Waals surface area contributed by atoms with Crippen molar-refractivity contribution in [2.75, 3.05) is 27.2 Å². The Morgan fingerprint density at radius 2 is 1.75 bits per heavy atom. The van der Waals surface area contributed by atoms with Crippen LogP contribution in [0.15, 0.2) is 29.3 Å². The number of benzene rings is 1. The summed E-state index contributed by atoms with van der Waals surface area (Å²) in [5.41, 5.74) is 0.955. The number of nitrogens with zero attached hydrogens (tertiary/aromatic N) is 2. The zero-order chi connectivity index (χ0) is 13.8. The van der Waals surface area contributed by atoms with E-state index in [4.69, 9.17) is 0 Å². The van der Waals surface area contributed by atoms with Gasteiger partial charge in [0.05, 0.1) is 11.1 Å². The fraction of sp³-hybridized carbons (Fsp3) is 0.308. The van der Waals surface area contributed by atoms with E-state index in [0.29, 0.717) is 30.2 Å². The van der Waals surface area contributed by atoms with Gasteiger partial charge in [-0.05, 0) is 12.1 Å². The quantitative estimate of drug-likeness (QED) is 0.346. The topological polar surface area (TPSA) is 73.8 Å². The van der Waals surface area contributed by atoms with Crippen molar-refractivity contribution in [3.05, 3.63) is 35.4 Å². The molecule has 0 saturated carbocycles. The summed E-state index contributed by atoms with van der Waals surface area (Å²) in [6.45, 7) is 0.770. The van der Waals surface area contributed by atoms with Crippen molar-refractivity contribution in [2.24, 2.45) is 4.99 Å². The number of aliphatic imine (C=N–C) groups is 1. The van der Waals surface area contributed by atoms with Crippen molar-refractivity contribution in [1.82, 2.24) is 15.5 Å².